The van der Waals surface area contributed by atoms with Gasteiger partial charge in [-0.1, -0.05) is 66.7 Å². The summed E-state index contributed by atoms with van der Waals surface area (Å²) in [6, 6.07) is 27.0. The molecule has 1 saturated heterocycles. The molecule has 0 radical (unpaired) electrons. The van der Waals surface area contributed by atoms with E-state index >= 15 is 0 Å². The lowest BCUT2D eigenvalue weighted by atomic mass is 9.96. The van der Waals surface area contributed by atoms with Crippen molar-refractivity contribution >= 4 is 5.97 Å². The number of carbonyl (C=O) groups is 1. The predicted molar refractivity (Wildman–Crippen MR) is 139 cm³/mol. The van der Waals surface area contributed by atoms with Crippen molar-refractivity contribution in [1.29, 1.82) is 0 Å². The summed E-state index contributed by atoms with van der Waals surface area (Å²) in [5.41, 5.74) is 3.43. The molecule has 0 amide bonds. The van der Waals surface area contributed by atoms with Crippen LogP contribution in [0.2, 0.25) is 0 Å². The van der Waals surface area contributed by atoms with E-state index in [-0.39, 0.29) is 12.6 Å². The Morgan fingerprint density at radius 2 is 1.39 bits per heavy atom. The highest BCUT2D eigenvalue weighted by Crippen LogP contribution is 2.33. The second kappa shape index (κ2) is 12.5. The molecule has 7 nitrogen and oxygen atoms in total. The summed E-state index contributed by atoms with van der Waals surface area (Å²) < 4.78 is 16.6. The maximum absolute atomic E-state index is 11.2. The van der Waals surface area contributed by atoms with E-state index in [1.165, 1.54) is 11.1 Å². The first-order valence-electron chi connectivity index (χ1n) is 12.2. The zero-order valence-electron chi connectivity index (χ0n) is 20.9. The Morgan fingerprint density at radius 1 is 0.806 bits per heavy atom. The molecular formula is C29H34N2O5. The number of piperazine rings is 1. The molecule has 0 aromatic heterocycles. The van der Waals surface area contributed by atoms with Crippen molar-refractivity contribution in [2.45, 2.75) is 12.1 Å². The fourth-order valence-electron chi connectivity index (χ4n) is 4.80. The number of aliphatic carboxylic acids is 1. The molecule has 0 aliphatic carbocycles. The number of hydrogen-bond donors (Lipinski definition) is 1. The molecule has 1 N–H and O–H groups in total. The van der Waals surface area contributed by atoms with Gasteiger partial charge in [0.1, 0.15) is 6.61 Å². The number of benzene rings is 3. The topological polar surface area (TPSA) is 71.5 Å². The number of hydrogen-bond acceptors (Lipinski definition) is 6. The van der Waals surface area contributed by atoms with Gasteiger partial charge in [0.2, 0.25) is 0 Å². The van der Waals surface area contributed by atoms with E-state index in [0.717, 1.165) is 31.7 Å². The van der Waals surface area contributed by atoms with Crippen LogP contribution in [0.1, 0.15) is 28.8 Å². The second-order valence-electron chi connectivity index (χ2n) is 8.87. The molecule has 1 unspecified atom stereocenters. The van der Waals surface area contributed by atoms with Gasteiger partial charge in [0, 0.05) is 32.7 Å². The van der Waals surface area contributed by atoms with Crippen molar-refractivity contribution in [2.24, 2.45) is 0 Å². The van der Waals surface area contributed by atoms with Crippen LogP contribution in [0.4, 0.5) is 0 Å². The summed E-state index contributed by atoms with van der Waals surface area (Å²) in [5.74, 6) is 0.232. The Hall–Kier alpha value is -3.39. The van der Waals surface area contributed by atoms with Gasteiger partial charge in [0.05, 0.1) is 26.4 Å². The smallest absolute Gasteiger partial charge is 0.329 e. The van der Waals surface area contributed by atoms with Crippen LogP contribution in [0.15, 0.2) is 78.9 Å². The molecule has 1 aliphatic heterocycles. The van der Waals surface area contributed by atoms with Gasteiger partial charge in [0.15, 0.2) is 11.5 Å². The molecular weight excluding hydrogens is 456 g/mol. The minimum atomic E-state index is -0.987. The molecule has 0 bridgehead atoms. The van der Waals surface area contributed by atoms with Crippen LogP contribution in [-0.2, 0) is 9.53 Å². The lowest BCUT2D eigenvalue weighted by Gasteiger charge is -2.40. The van der Waals surface area contributed by atoms with Gasteiger partial charge in [-0.15, -0.1) is 0 Å². The molecule has 36 heavy (non-hydrogen) atoms. The fourth-order valence-corrected chi connectivity index (χ4v) is 4.80. The third-order valence-corrected chi connectivity index (χ3v) is 6.61. The zero-order chi connectivity index (χ0) is 25.3. The summed E-state index contributed by atoms with van der Waals surface area (Å²) >= 11 is 0. The molecule has 4 rings (SSSR count). The van der Waals surface area contributed by atoms with E-state index < -0.39 is 12.1 Å². The summed E-state index contributed by atoms with van der Waals surface area (Å²) in [4.78, 5) is 16.1. The summed E-state index contributed by atoms with van der Waals surface area (Å²) in [5, 5.41) is 9.22. The number of nitrogens with zero attached hydrogens (tertiary/aromatic N) is 2. The summed E-state index contributed by atoms with van der Waals surface area (Å²) in [6.45, 7) is 3.74. The van der Waals surface area contributed by atoms with E-state index in [2.05, 4.69) is 70.5 Å². The molecule has 1 fully saturated rings. The number of methoxy groups -OCH3 is 2. The molecule has 1 aliphatic rings. The van der Waals surface area contributed by atoms with Crippen LogP contribution in [0, 0.1) is 0 Å². The number of carboxylic acids is 1. The van der Waals surface area contributed by atoms with Crippen molar-refractivity contribution in [3.63, 3.8) is 0 Å². The van der Waals surface area contributed by atoms with Crippen LogP contribution in [0.25, 0.3) is 0 Å². The van der Waals surface area contributed by atoms with Crippen LogP contribution in [0.3, 0.4) is 0 Å². The Balaban J connectivity index is 1.47. The fraction of sp³-hybridized carbons (Fsp3) is 0.345. The average molecular weight is 491 g/mol. The highest BCUT2D eigenvalue weighted by molar-refractivity contribution is 5.68. The van der Waals surface area contributed by atoms with Crippen molar-refractivity contribution in [3.05, 3.63) is 95.6 Å². The first-order valence-corrected chi connectivity index (χ1v) is 12.2. The van der Waals surface area contributed by atoms with E-state index in [1.807, 2.05) is 18.2 Å². The quantitative estimate of drug-likeness (QED) is 0.431. The second-order valence-corrected chi connectivity index (χ2v) is 8.87. The van der Waals surface area contributed by atoms with E-state index in [9.17, 15) is 9.90 Å². The maximum atomic E-state index is 11.2. The molecule has 3 aromatic rings. The standard InChI is InChI=1S/C29H34N2O5/c1-34-25-14-13-24(19-26(25)35-2)27(36-21-28(32)33)20-30-15-17-31(18-16-30)29(22-9-5-3-6-10-22)23-11-7-4-8-12-23/h3-14,19,27,29H,15-18,20-21H2,1-2H3,(H,32,33). The van der Waals surface area contributed by atoms with Gasteiger partial charge < -0.3 is 19.3 Å². The maximum Gasteiger partial charge on any atom is 0.329 e. The number of carboxylic acid groups (broad SMARTS) is 1. The van der Waals surface area contributed by atoms with Gasteiger partial charge in [0.25, 0.3) is 0 Å². The zero-order valence-corrected chi connectivity index (χ0v) is 20.9. The van der Waals surface area contributed by atoms with Crippen LogP contribution < -0.4 is 9.47 Å². The van der Waals surface area contributed by atoms with Gasteiger partial charge >= 0.3 is 5.97 Å². The molecule has 0 saturated carbocycles. The molecule has 190 valence electrons. The normalized spacial score (nSPS) is 15.5. The predicted octanol–water partition coefficient (Wildman–Crippen LogP) is 4.25. The molecule has 7 heteroatoms. The van der Waals surface area contributed by atoms with Crippen LogP contribution >= 0.6 is 0 Å². The minimum absolute atomic E-state index is 0.194. The summed E-state index contributed by atoms with van der Waals surface area (Å²) in [7, 11) is 3.18. The minimum Gasteiger partial charge on any atom is -0.493 e. The Morgan fingerprint density at radius 3 is 1.92 bits per heavy atom. The Kier molecular flexibility index (Phi) is 8.95. The third-order valence-electron chi connectivity index (χ3n) is 6.61. The summed E-state index contributed by atoms with van der Waals surface area (Å²) in [6.07, 6.45) is -0.397. The molecule has 1 atom stereocenters. The first kappa shape index (κ1) is 25.7. The highest BCUT2D eigenvalue weighted by Gasteiger charge is 2.28. The molecule has 3 aromatic carbocycles. The van der Waals surface area contributed by atoms with Crippen molar-refractivity contribution in [2.75, 3.05) is 53.6 Å². The lowest BCUT2D eigenvalue weighted by Crippen LogP contribution is -2.49. The highest BCUT2D eigenvalue weighted by atomic mass is 16.5. The first-order chi connectivity index (χ1) is 17.6. The van der Waals surface area contributed by atoms with Gasteiger partial charge in [-0.3, -0.25) is 9.80 Å². The number of ether oxygens (including phenoxy) is 3. The van der Waals surface area contributed by atoms with Gasteiger partial charge in [-0.05, 0) is 28.8 Å². The SMILES string of the molecule is COc1ccc(C(CN2CCN(C(c3ccccc3)c3ccccc3)CC2)OCC(=O)O)cc1OC. The Bertz CT molecular complexity index is 1060. The molecule has 1 heterocycles. The van der Waals surface area contributed by atoms with Crippen molar-refractivity contribution in [3.8, 4) is 11.5 Å². The monoisotopic (exact) mass is 490 g/mol. The van der Waals surface area contributed by atoms with E-state index in [4.69, 9.17) is 14.2 Å². The molecule has 0 spiro atoms. The average Bonchev–Trinajstić information content (AvgIpc) is 2.92. The largest absolute Gasteiger partial charge is 0.493 e. The Labute approximate surface area is 212 Å². The number of rotatable bonds is 11. The van der Waals surface area contributed by atoms with Crippen LogP contribution in [-0.4, -0.2) is 74.4 Å². The van der Waals surface area contributed by atoms with E-state index in [0.29, 0.717) is 18.0 Å². The van der Waals surface area contributed by atoms with Crippen molar-refractivity contribution < 1.29 is 24.1 Å². The van der Waals surface area contributed by atoms with Gasteiger partial charge in [-0.25, -0.2) is 4.79 Å². The lowest BCUT2D eigenvalue weighted by molar-refractivity contribution is -0.145. The van der Waals surface area contributed by atoms with E-state index in [1.54, 1.807) is 14.2 Å². The van der Waals surface area contributed by atoms with Crippen LogP contribution in [0.5, 0.6) is 11.5 Å². The van der Waals surface area contributed by atoms with Crippen molar-refractivity contribution in [1.82, 2.24) is 9.80 Å². The van der Waals surface area contributed by atoms with Gasteiger partial charge in [-0.2, -0.15) is 0 Å². The third kappa shape index (κ3) is 6.43.